The Hall–Kier alpha value is -3.58. The molecule has 144 valence electrons. The fourth-order valence-electron chi connectivity index (χ4n) is 3.04. The van der Waals surface area contributed by atoms with E-state index in [4.69, 9.17) is 4.42 Å². The van der Waals surface area contributed by atoms with Crippen molar-refractivity contribution < 1.29 is 9.34 Å². The lowest BCUT2D eigenvalue weighted by Gasteiger charge is -2.05. The van der Waals surface area contributed by atoms with Crippen molar-refractivity contribution in [3.63, 3.8) is 0 Å². The van der Waals surface area contributed by atoms with Crippen LogP contribution >= 0.6 is 11.3 Å². The molecule has 0 aliphatic rings. The molecule has 0 bridgehead atoms. The monoisotopic (exact) mass is 403 g/mol. The summed E-state index contributed by atoms with van der Waals surface area (Å²) in [5, 5.41) is 13.9. The average molecular weight is 403 g/mol. The number of thiazole rings is 1. The van der Waals surface area contributed by atoms with E-state index in [0.29, 0.717) is 27.8 Å². The summed E-state index contributed by atoms with van der Waals surface area (Å²) in [4.78, 5) is 19.8. The van der Waals surface area contributed by atoms with Gasteiger partial charge in [-0.25, -0.2) is 9.98 Å². The van der Waals surface area contributed by atoms with Crippen LogP contribution in [-0.4, -0.2) is 16.1 Å². The predicted molar refractivity (Wildman–Crippen MR) is 115 cm³/mol. The number of nitrogens with zero attached hydrogens (tertiary/aromatic N) is 3. The Balaban J connectivity index is 1.58. The first-order valence-corrected chi connectivity index (χ1v) is 9.80. The van der Waals surface area contributed by atoms with Crippen LogP contribution in [-0.2, 0) is 0 Å². The number of aromatic nitrogens is 1. The number of rotatable bonds is 5. The maximum Gasteiger partial charge on any atom is 0.273 e. The van der Waals surface area contributed by atoms with Crippen molar-refractivity contribution in [2.45, 2.75) is 13.8 Å². The maximum absolute atomic E-state index is 11.3. The van der Waals surface area contributed by atoms with Crippen molar-refractivity contribution in [2.24, 2.45) is 4.99 Å². The minimum atomic E-state index is -0.371. The molecule has 29 heavy (non-hydrogen) atoms. The van der Waals surface area contributed by atoms with Gasteiger partial charge in [-0.05, 0) is 37.6 Å². The molecular formula is C22H17N3O3S. The molecule has 0 atom stereocenters. The highest BCUT2D eigenvalue weighted by Gasteiger charge is 2.18. The van der Waals surface area contributed by atoms with Crippen LogP contribution in [0.2, 0.25) is 0 Å². The number of aliphatic imine (C=N–C) groups is 1. The lowest BCUT2D eigenvalue weighted by atomic mass is 10.0. The summed E-state index contributed by atoms with van der Waals surface area (Å²) in [5.74, 6) is 1.12. The number of furan rings is 1. The molecule has 4 rings (SSSR count). The van der Waals surface area contributed by atoms with Gasteiger partial charge in [0.15, 0.2) is 0 Å². The van der Waals surface area contributed by atoms with Crippen LogP contribution in [0.5, 0.6) is 0 Å². The van der Waals surface area contributed by atoms with Gasteiger partial charge in [-0.1, -0.05) is 30.3 Å². The van der Waals surface area contributed by atoms with Crippen molar-refractivity contribution in [3.8, 4) is 22.6 Å². The Kier molecular flexibility index (Phi) is 5.05. The highest BCUT2D eigenvalue weighted by molar-refractivity contribution is 7.13. The Labute approximate surface area is 171 Å². The highest BCUT2D eigenvalue weighted by atomic mass is 32.1. The van der Waals surface area contributed by atoms with Crippen LogP contribution in [0.1, 0.15) is 16.9 Å². The zero-order valence-electron chi connectivity index (χ0n) is 15.8. The van der Waals surface area contributed by atoms with Crippen molar-refractivity contribution >= 4 is 28.4 Å². The molecule has 7 heteroatoms. The number of benzene rings is 2. The Morgan fingerprint density at radius 2 is 1.93 bits per heavy atom. The third-order valence-electron chi connectivity index (χ3n) is 4.48. The Bertz CT molecular complexity index is 1210. The predicted octanol–water partition coefficient (Wildman–Crippen LogP) is 6.35. The van der Waals surface area contributed by atoms with E-state index >= 15 is 0 Å². The fraction of sp³-hybridized carbons (Fsp3) is 0.0909. The number of hydrogen-bond acceptors (Lipinski definition) is 6. The number of aryl methyl sites for hydroxylation is 1. The van der Waals surface area contributed by atoms with E-state index in [1.54, 1.807) is 31.3 Å². The summed E-state index contributed by atoms with van der Waals surface area (Å²) < 4.78 is 5.86. The maximum atomic E-state index is 11.3. The molecule has 0 unspecified atom stereocenters. The van der Waals surface area contributed by atoms with E-state index in [1.165, 1.54) is 11.3 Å². The van der Waals surface area contributed by atoms with Crippen LogP contribution in [0.25, 0.3) is 22.6 Å². The third kappa shape index (κ3) is 4.00. The molecule has 0 saturated heterocycles. The lowest BCUT2D eigenvalue weighted by molar-refractivity contribution is -0.385. The highest BCUT2D eigenvalue weighted by Crippen LogP contribution is 2.32. The van der Waals surface area contributed by atoms with E-state index in [0.717, 1.165) is 16.8 Å². The largest absolute Gasteiger partial charge is 0.455 e. The molecule has 2 heterocycles. The zero-order chi connectivity index (χ0) is 20.4. The summed E-state index contributed by atoms with van der Waals surface area (Å²) in [6.07, 6.45) is 1.61. The Morgan fingerprint density at radius 3 is 2.69 bits per heavy atom. The van der Waals surface area contributed by atoms with Crippen molar-refractivity contribution in [1.82, 2.24) is 4.98 Å². The average Bonchev–Trinajstić information content (AvgIpc) is 3.38. The summed E-state index contributed by atoms with van der Waals surface area (Å²) >= 11 is 1.45. The van der Waals surface area contributed by atoms with Gasteiger partial charge in [0, 0.05) is 28.1 Å². The summed E-state index contributed by atoms with van der Waals surface area (Å²) in [7, 11) is 0. The number of nitro benzene ring substituents is 1. The lowest BCUT2D eigenvalue weighted by Crippen LogP contribution is -1.95. The van der Waals surface area contributed by atoms with Crippen molar-refractivity contribution in [2.75, 3.05) is 0 Å². The topological polar surface area (TPSA) is 81.5 Å². The van der Waals surface area contributed by atoms with Gasteiger partial charge in [-0.15, -0.1) is 11.3 Å². The van der Waals surface area contributed by atoms with Gasteiger partial charge >= 0.3 is 0 Å². The second-order valence-corrected chi connectivity index (χ2v) is 7.39. The van der Waals surface area contributed by atoms with Crippen LogP contribution in [0.3, 0.4) is 0 Å². The SMILES string of the molecule is Cc1cc(-c2ccc(/C=N/c3nc(-c4ccccc4)cs3)o2)c(C)c([N+](=O)[O-])c1. The standard InChI is InChI=1S/C22H17N3O3S/c1-14-10-18(15(2)20(11-14)25(26)27)21-9-8-17(28-21)12-23-22-24-19(13-29-22)16-6-4-3-5-7-16/h3-13H,1-2H3/b23-12+. The molecule has 2 aromatic carbocycles. The fourth-order valence-corrected chi connectivity index (χ4v) is 3.71. The van der Waals surface area contributed by atoms with Crippen LogP contribution in [0, 0.1) is 24.0 Å². The minimum absolute atomic E-state index is 0.0860. The van der Waals surface area contributed by atoms with Crippen LogP contribution in [0.15, 0.2) is 69.4 Å². The molecule has 0 N–H and O–H groups in total. The normalized spacial score (nSPS) is 11.2. The molecule has 0 fully saturated rings. The minimum Gasteiger partial charge on any atom is -0.455 e. The van der Waals surface area contributed by atoms with Crippen LogP contribution in [0.4, 0.5) is 10.8 Å². The van der Waals surface area contributed by atoms with Crippen molar-refractivity contribution in [1.29, 1.82) is 0 Å². The van der Waals surface area contributed by atoms with Gasteiger partial charge in [0.2, 0.25) is 5.13 Å². The molecule has 0 spiro atoms. The van der Waals surface area contributed by atoms with Gasteiger partial charge in [0.05, 0.1) is 16.8 Å². The van der Waals surface area contributed by atoms with Gasteiger partial charge in [0.1, 0.15) is 11.5 Å². The Morgan fingerprint density at radius 1 is 1.14 bits per heavy atom. The summed E-state index contributed by atoms with van der Waals surface area (Å²) in [6, 6.07) is 17.0. The molecule has 6 nitrogen and oxygen atoms in total. The first kappa shape index (κ1) is 18.8. The smallest absolute Gasteiger partial charge is 0.273 e. The molecule has 0 amide bonds. The zero-order valence-corrected chi connectivity index (χ0v) is 16.6. The first-order chi connectivity index (χ1) is 14.0. The van der Waals surface area contributed by atoms with E-state index in [2.05, 4.69) is 9.98 Å². The third-order valence-corrected chi connectivity index (χ3v) is 5.23. The second kappa shape index (κ2) is 7.81. The van der Waals surface area contributed by atoms with Gasteiger partial charge in [-0.2, -0.15) is 0 Å². The second-order valence-electron chi connectivity index (χ2n) is 6.56. The molecular weight excluding hydrogens is 386 g/mol. The molecule has 2 aromatic heterocycles. The number of hydrogen-bond donors (Lipinski definition) is 0. The van der Waals surface area contributed by atoms with E-state index in [1.807, 2.05) is 48.7 Å². The van der Waals surface area contributed by atoms with Gasteiger partial charge in [-0.3, -0.25) is 10.1 Å². The van der Waals surface area contributed by atoms with E-state index < -0.39 is 0 Å². The number of nitro groups is 1. The summed E-state index contributed by atoms with van der Waals surface area (Å²) in [6.45, 7) is 3.55. The molecule has 0 saturated carbocycles. The molecule has 0 aliphatic heterocycles. The quantitative estimate of drug-likeness (QED) is 0.221. The summed E-state index contributed by atoms with van der Waals surface area (Å²) in [5.41, 5.74) is 4.10. The molecule has 0 aliphatic carbocycles. The van der Waals surface area contributed by atoms with Crippen molar-refractivity contribution in [3.05, 3.63) is 87.0 Å². The van der Waals surface area contributed by atoms with E-state index in [9.17, 15) is 10.1 Å². The molecule has 0 radical (unpaired) electrons. The van der Waals surface area contributed by atoms with Gasteiger partial charge in [0.25, 0.3) is 5.69 Å². The van der Waals surface area contributed by atoms with Crippen LogP contribution < -0.4 is 0 Å². The van der Waals surface area contributed by atoms with Gasteiger partial charge < -0.3 is 4.42 Å². The van der Waals surface area contributed by atoms with E-state index in [-0.39, 0.29) is 10.6 Å². The first-order valence-electron chi connectivity index (χ1n) is 8.92. The molecule has 4 aromatic rings.